The molecule has 24 heavy (non-hydrogen) atoms. The highest BCUT2D eigenvalue weighted by atomic mass is 16.2. The Morgan fingerprint density at radius 3 is 2.58 bits per heavy atom. The number of urea groups is 1. The maximum Gasteiger partial charge on any atom is 0.324 e. The fourth-order valence-electron chi connectivity index (χ4n) is 3.01. The van der Waals surface area contributed by atoms with Crippen LogP contribution in [0.5, 0.6) is 0 Å². The highest BCUT2D eigenvalue weighted by molar-refractivity contribution is 5.87. The van der Waals surface area contributed by atoms with Gasteiger partial charge in [-0.25, -0.2) is 14.5 Å². The molecule has 1 aromatic rings. The lowest BCUT2D eigenvalue weighted by Crippen LogP contribution is -2.43. The van der Waals surface area contributed by atoms with Crippen molar-refractivity contribution in [3.05, 3.63) is 6.33 Å². The van der Waals surface area contributed by atoms with Gasteiger partial charge < -0.3 is 9.80 Å². The van der Waals surface area contributed by atoms with Crippen LogP contribution < -0.4 is 5.32 Å². The van der Waals surface area contributed by atoms with Crippen molar-refractivity contribution in [2.45, 2.75) is 51.6 Å². The summed E-state index contributed by atoms with van der Waals surface area (Å²) in [6.07, 6.45) is 7.59. The van der Waals surface area contributed by atoms with Crippen LogP contribution >= 0.6 is 0 Å². The fourth-order valence-corrected chi connectivity index (χ4v) is 3.01. The maximum absolute atomic E-state index is 12.4. The van der Waals surface area contributed by atoms with E-state index in [1.807, 2.05) is 0 Å². The summed E-state index contributed by atoms with van der Waals surface area (Å²) in [6.45, 7) is 2.20. The smallest absolute Gasteiger partial charge is 0.324 e. The molecule has 0 radical (unpaired) electrons. The maximum atomic E-state index is 12.4. The molecule has 134 valence electrons. The zero-order valence-electron chi connectivity index (χ0n) is 15.0. The van der Waals surface area contributed by atoms with Gasteiger partial charge in [-0.15, -0.1) is 5.10 Å². The van der Waals surface area contributed by atoms with E-state index >= 15 is 0 Å². The molecule has 1 saturated carbocycles. The summed E-state index contributed by atoms with van der Waals surface area (Å²) in [7, 11) is 5.17. The summed E-state index contributed by atoms with van der Waals surface area (Å²) in [5.41, 5.74) is 0. The van der Waals surface area contributed by atoms with Gasteiger partial charge in [0.2, 0.25) is 11.9 Å². The molecule has 1 N–H and O–H groups in total. The zero-order valence-corrected chi connectivity index (χ0v) is 15.0. The predicted octanol–water partition coefficient (Wildman–Crippen LogP) is 1.80. The Morgan fingerprint density at radius 2 is 1.96 bits per heavy atom. The monoisotopic (exact) mass is 336 g/mol. The first-order valence-electron chi connectivity index (χ1n) is 8.52. The molecule has 3 amide bonds. The number of likely N-dealkylation sites (N-methyl/N-ethyl adjacent to an activating group) is 1. The topological polar surface area (TPSA) is 83.4 Å². The highest BCUT2D eigenvalue weighted by Gasteiger charge is 2.26. The lowest BCUT2D eigenvalue weighted by molar-refractivity contribution is -0.129. The Morgan fingerprint density at radius 1 is 1.29 bits per heavy atom. The molecule has 1 aliphatic rings. The quantitative estimate of drug-likeness (QED) is 0.889. The molecule has 2 rings (SSSR count). The van der Waals surface area contributed by atoms with E-state index in [9.17, 15) is 9.59 Å². The molecular formula is C16H28N6O2. The van der Waals surface area contributed by atoms with E-state index in [-0.39, 0.29) is 30.5 Å². The summed E-state index contributed by atoms with van der Waals surface area (Å²) >= 11 is 0. The summed E-state index contributed by atoms with van der Waals surface area (Å²) in [5.74, 6) is 0.688. The molecule has 8 nitrogen and oxygen atoms in total. The van der Waals surface area contributed by atoms with Gasteiger partial charge in [0.15, 0.2) is 0 Å². The van der Waals surface area contributed by atoms with Crippen LogP contribution in [0, 0.1) is 5.92 Å². The van der Waals surface area contributed by atoms with Crippen LogP contribution in [0.15, 0.2) is 6.33 Å². The van der Waals surface area contributed by atoms with Crippen LogP contribution in [0.2, 0.25) is 0 Å². The number of hydrogen-bond acceptors (Lipinski definition) is 4. The number of amides is 3. The summed E-state index contributed by atoms with van der Waals surface area (Å²) in [5, 5.41) is 6.83. The minimum atomic E-state index is -0.218. The first-order valence-corrected chi connectivity index (χ1v) is 8.52. The normalized spacial score (nSPS) is 16.5. The molecule has 1 aliphatic carbocycles. The number of nitrogens with one attached hydrogen (secondary N) is 1. The lowest BCUT2D eigenvalue weighted by Gasteiger charge is -2.34. The molecule has 1 heterocycles. The molecule has 1 fully saturated rings. The molecule has 1 atom stereocenters. The summed E-state index contributed by atoms with van der Waals surface area (Å²) in [4.78, 5) is 31.3. The number of nitrogens with zero attached hydrogens (tertiary/aromatic N) is 5. The molecular weight excluding hydrogens is 308 g/mol. The van der Waals surface area contributed by atoms with Gasteiger partial charge in [-0.1, -0.05) is 19.3 Å². The number of aromatic nitrogens is 3. The van der Waals surface area contributed by atoms with E-state index < -0.39 is 0 Å². The van der Waals surface area contributed by atoms with Crippen molar-refractivity contribution >= 4 is 17.9 Å². The third-order valence-corrected chi connectivity index (χ3v) is 4.81. The second kappa shape index (κ2) is 8.12. The predicted molar refractivity (Wildman–Crippen MR) is 91.5 cm³/mol. The van der Waals surface area contributed by atoms with Gasteiger partial charge in [-0.05, 0) is 25.7 Å². The van der Waals surface area contributed by atoms with E-state index in [4.69, 9.17) is 0 Å². The van der Waals surface area contributed by atoms with Gasteiger partial charge in [-0.2, -0.15) is 0 Å². The standard InChI is InChI=1S/C16H28N6O2/c1-12(13-8-6-5-7-9-13)21(4)16(24)18-15-17-11-22(19-15)10-14(23)20(2)3/h11-13H,5-10H2,1-4H3,(H,18,19,24)/t12-/m0/s1. The Hall–Kier alpha value is -2.12. The minimum Gasteiger partial charge on any atom is -0.347 e. The Kier molecular flexibility index (Phi) is 6.16. The van der Waals surface area contributed by atoms with Crippen molar-refractivity contribution in [3.63, 3.8) is 0 Å². The lowest BCUT2D eigenvalue weighted by atomic mass is 9.84. The highest BCUT2D eigenvalue weighted by Crippen LogP contribution is 2.28. The van der Waals surface area contributed by atoms with Crippen molar-refractivity contribution in [3.8, 4) is 0 Å². The van der Waals surface area contributed by atoms with Gasteiger partial charge in [-0.3, -0.25) is 10.1 Å². The summed E-state index contributed by atoms with van der Waals surface area (Å²) < 4.78 is 1.42. The molecule has 0 saturated heterocycles. The van der Waals surface area contributed by atoms with Crippen molar-refractivity contribution in [2.24, 2.45) is 5.92 Å². The molecule has 0 bridgehead atoms. The molecule has 0 spiro atoms. The van der Waals surface area contributed by atoms with Crippen LogP contribution in [0.4, 0.5) is 10.7 Å². The number of rotatable bonds is 5. The first-order chi connectivity index (χ1) is 11.4. The van der Waals surface area contributed by atoms with E-state index in [1.54, 1.807) is 26.0 Å². The fraction of sp³-hybridized carbons (Fsp3) is 0.750. The molecule has 8 heteroatoms. The van der Waals surface area contributed by atoms with E-state index in [0.29, 0.717) is 5.92 Å². The first kappa shape index (κ1) is 18.2. The second-order valence-corrected chi connectivity index (χ2v) is 6.73. The van der Waals surface area contributed by atoms with Gasteiger partial charge in [0, 0.05) is 27.2 Å². The van der Waals surface area contributed by atoms with Crippen molar-refractivity contribution in [2.75, 3.05) is 26.5 Å². The zero-order chi connectivity index (χ0) is 17.7. The SMILES string of the molecule is C[C@@H](C1CCCCC1)N(C)C(=O)Nc1ncn(CC(=O)N(C)C)n1. The number of anilines is 1. The van der Waals surface area contributed by atoms with Crippen molar-refractivity contribution in [1.29, 1.82) is 0 Å². The van der Waals surface area contributed by atoms with E-state index in [2.05, 4.69) is 22.3 Å². The van der Waals surface area contributed by atoms with E-state index in [0.717, 1.165) is 0 Å². The number of carbonyl (C=O) groups is 2. The van der Waals surface area contributed by atoms with Crippen molar-refractivity contribution in [1.82, 2.24) is 24.6 Å². The van der Waals surface area contributed by atoms with Crippen LogP contribution in [0.25, 0.3) is 0 Å². The second-order valence-electron chi connectivity index (χ2n) is 6.73. The number of hydrogen-bond donors (Lipinski definition) is 1. The third kappa shape index (κ3) is 4.69. The Labute approximate surface area is 143 Å². The van der Waals surface area contributed by atoms with Gasteiger partial charge >= 0.3 is 6.03 Å². The molecule has 1 aromatic heterocycles. The molecule has 0 unspecified atom stereocenters. The Bertz CT molecular complexity index is 565. The van der Waals surface area contributed by atoms with Gasteiger partial charge in [0.05, 0.1) is 0 Å². The minimum absolute atomic E-state index is 0.0826. The van der Waals surface area contributed by atoms with Crippen LogP contribution in [0.3, 0.4) is 0 Å². The Balaban J connectivity index is 1.89. The largest absolute Gasteiger partial charge is 0.347 e. The number of carbonyl (C=O) groups excluding carboxylic acids is 2. The van der Waals surface area contributed by atoms with Crippen molar-refractivity contribution < 1.29 is 9.59 Å². The van der Waals surface area contributed by atoms with Crippen LogP contribution in [-0.4, -0.2) is 63.7 Å². The van der Waals surface area contributed by atoms with Crippen LogP contribution in [0.1, 0.15) is 39.0 Å². The third-order valence-electron chi connectivity index (χ3n) is 4.81. The van der Waals surface area contributed by atoms with Gasteiger partial charge in [0.25, 0.3) is 0 Å². The van der Waals surface area contributed by atoms with Crippen LogP contribution in [-0.2, 0) is 11.3 Å². The average Bonchev–Trinajstić information content (AvgIpc) is 3.01. The van der Waals surface area contributed by atoms with Gasteiger partial charge in [0.1, 0.15) is 12.9 Å². The molecule has 0 aromatic carbocycles. The van der Waals surface area contributed by atoms with E-state index in [1.165, 1.54) is 48.0 Å². The summed E-state index contributed by atoms with van der Waals surface area (Å²) in [6, 6.07) is -0.0348. The average molecular weight is 336 g/mol. The molecule has 0 aliphatic heterocycles.